The molecule has 4 nitrogen and oxygen atoms in total. The van der Waals surface area contributed by atoms with E-state index in [2.05, 4.69) is 0 Å². The Labute approximate surface area is 123 Å². The van der Waals surface area contributed by atoms with Gasteiger partial charge in [0, 0.05) is 5.69 Å². The summed E-state index contributed by atoms with van der Waals surface area (Å²) in [6, 6.07) is 12.7. The molecule has 2 aromatic carbocycles. The SMILES string of the molecule is Nc1ccc(S(=O)(=O)CCCOc2ccccc2)c(F)c1. The van der Waals surface area contributed by atoms with Crippen LogP contribution >= 0.6 is 0 Å². The van der Waals surface area contributed by atoms with Gasteiger partial charge in [-0.3, -0.25) is 0 Å². The quantitative estimate of drug-likeness (QED) is 0.658. The molecule has 0 aliphatic rings. The van der Waals surface area contributed by atoms with Gasteiger partial charge in [-0.15, -0.1) is 0 Å². The molecule has 0 unspecified atom stereocenters. The van der Waals surface area contributed by atoms with Gasteiger partial charge in [0.15, 0.2) is 9.84 Å². The number of rotatable bonds is 6. The summed E-state index contributed by atoms with van der Waals surface area (Å²) in [6.45, 7) is 0.250. The van der Waals surface area contributed by atoms with Crippen LogP contribution in [-0.2, 0) is 9.84 Å². The molecule has 6 heteroatoms. The van der Waals surface area contributed by atoms with Crippen molar-refractivity contribution in [2.75, 3.05) is 18.1 Å². The van der Waals surface area contributed by atoms with E-state index < -0.39 is 15.7 Å². The monoisotopic (exact) mass is 309 g/mol. The zero-order chi connectivity index (χ0) is 15.3. The molecule has 0 amide bonds. The minimum absolute atomic E-state index is 0.180. The summed E-state index contributed by atoms with van der Waals surface area (Å²) in [7, 11) is -3.67. The number of para-hydroxylation sites is 1. The molecular weight excluding hydrogens is 293 g/mol. The summed E-state index contributed by atoms with van der Waals surface area (Å²) >= 11 is 0. The fourth-order valence-corrected chi connectivity index (χ4v) is 3.18. The second kappa shape index (κ2) is 6.58. The number of benzene rings is 2. The van der Waals surface area contributed by atoms with Crippen molar-refractivity contribution in [3.63, 3.8) is 0 Å². The van der Waals surface area contributed by atoms with E-state index in [0.717, 1.165) is 6.07 Å². The highest BCUT2D eigenvalue weighted by Gasteiger charge is 2.18. The maximum absolute atomic E-state index is 13.6. The van der Waals surface area contributed by atoms with Crippen molar-refractivity contribution in [3.05, 3.63) is 54.3 Å². The second-order valence-corrected chi connectivity index (χ2v) is 6.60. The van der Waals surface area contributed by atoms with Gasteiger partial charge in [0.05, 0.1) is 12.4 Å². The lowest BCUT2D eigenvalue weighted by Crippen LogP contribution is -2.12. The Bertz CT molecular complexity index is 702. The molecule has 21 heavy (non-hydrogen) atoms. The summed E-state index contributed by atoms with van der Waals surface area (Å²) in [5, 5.41) is 0. The van der Waals surface area contributed by atoms with E-state index >= 15 is 0 Å². The Kier molecular flexibility index (Phi) is 4.80. The van der Waals surface area contributed by atoms with Crippen molar-refractivity contribution >= 4 is 15.5 Å². The molecule has 0 aromatic heterocycles. The zero-order valence-corrected chi connectivity index (χ0v) is 12.1. The molecule has 112 valence electrons. The molecule has 0 radical (unpaired) electrons. The highest BCUT2D eigenvalue weighted by atomic mass is 32.2. The summed E-state index contributed by atoms with van der Waals surface area (Å²) in [5.74, 6) is -0.326. The lowest BCUT2D eigenvalue weighted by Gasteiger charge is -2.08. The van der Waals surface area contributed by atoms with Crippen LogP contribution in [0.3, 0.4) is 0 Å². The van der Waals surface area contributed by atoms with E-state index in [4.69, 9.17) is 10.5 Å². The number of anilines is 1. The average Bonchev–Trinajstić information content (AvgIpc) is 2.44. The molecule has 0 atom stereocenters. The smallest absolute Gasteiger partial charge is 0.181 e. The number of ether oxygens (including phenoxy) is 1. The first-order chi connectivity index (χ1) is 9.99. The molecule has 2 aromatic rings. The Balaban J connectivity index is 1.92. The first kappa shape index (κ1) is 15.3. The fourth-order valence-electron chi connectivity index (χ4n) is 1.83. The number of halogens is 1. The maximum atomic E-state index is 13.6. The third-order valence-corrected chi connectivity index (χ3v) is 4.69. The number of hydrogen-bond acceptors (Lipinski definition) is 4. The molecule has 0 spiro atoms. The van der Waals surface area contributed by atoms with Gasteiger partial charge in [0.25, 0.3) is 0 Å². The standard InChI is InChI=1S/C15H16FNO3S/c16-14-11-12(17)7-8-15(14)21(18,19)10-4-9-20-13-5-2-1-3-6-13/h1-3,5-8,11H,4,9-10,17H2. The maximum Gasteiger partial charge on any atom is 0.181 e. The molecule has 2 rings (SSSR count). The van der Waals surface area contributed by atoms with Gasteiger partial charge in [-0.05, 0) is 36.8 Å². The summed E-state index contributed by atoms with van der Waals surface area (Å²) in [6.07, 6.45) is 0.279. The van der Waals surface area contributed by atoms with Gasteiger partial charge in [0.1, 0.15) is 16.5 Å². The topological polar surface area (TPSA) is 69.4 Å². The molecule has 0 aliphatic carbocycles. The third kappa shape index (κ3) is 4.19. The Hall–Kier alpha value is -2.08. The van der Waals surface area contributed by atoms with Crippen LogP contribution in [0.25, 0.3) is 0 Å². The van der Waals surface area contributed by atoms with Gasteiger partial charge in [-0.1, -0.05) is 18.2 Å². The van der Waals surface area contributed by atoms with E-state index in [-0.39, 0.29) is 29.4 Å². The van der Waals surface area contributed by atoms with Crippen molar-refractivity contribution in [1.29, 1.82) is 0 Å². The normalized spacial score (nSPS) is 11.3. The van der Waals surface area contributed by atoms with Gasteiger partial charge < -0.3 is 10.5 Å². The summed E-state index contributed by atoms with van der Waals surface area (Å²) in [4.78, 5) is -0.323. The van der Waals surface area contributed by atoms with Crippen LogP contribution in [-0.4, -0.2) is 20.8 Å². The first-order valence-electron chi connectivity index (χ1n) is 6.45. The van der Waals surface area contributed by atoms with Crippen LogP contribution in [0.5, 0.6) is 5.75 Å². The van der Waals surface area contributed by atoms with Crippen LogP contribution in [0.4, 0.5) is 10.1 Å². The highest BCUT2D eigenvalue weighted by molar-refractivity contribution is 7.91. The predicted octanol–water partition coefficient (Wildman–Crippen LogP) is 2.65. The molecule has 0 aliphatic heterocycles. The van der Waals surface area contributed by atoms with E-state index in [9.17, 15) is 12.8 Å². The van der Waals surface area contributed by atoms with Gasteiger partial charge in [0.2, 0.25) is 0 Å². The van der Waals surface area contributed by atoms with E-state index in [1.54, 1.807) is 12.1 Å². The van der Waals surface area contributed by atoms with Crippen molar-refractivity contribution in [1.82, 2.24) is 0 Å². The number of sulfone groups is 1. The molecular formula is C15H16FNO3S. The zero-order valence-electron chi connectivity index (χ0n) is 11.3. The second-order valence-electron chi connectivity index (χ2n) is 4.52. The van der Waals surface area contributed by atoms with E-state index in [1.165, 1.54) is 12.1 Å². The van der Waals surface area contributed by atoms with Crippen LogP contribution in [0.15, 0.2) is 53.4 Å². The minimum Gasteiger partial charge on any atom is -0.494 e. The molecule has 2 N–H and O–H groups in total. The third-order valence-electron chi connectivity index (χ3n) is 2.86. The largest absolute Gasteiger partial charge is 0.494 e. The van der Waals surface area contributed by atoms with Crippen molar-refractivity contribution < 1.29 is 17.5 Å². The number of nitrogens with two attached hydrogens (primary N) is 1. The lowest BCUT2D eigenvalue weighted by molar-refractivity contribution is 0.317. The van der Waals surface area contributed by atoms with Crippen LogP contribution in [0, 0.1) is 5.82 Å². The highest BCUT2D eigenvalue weighted by Crippen LogP contribution is 2.19. The first-order valence-corrected chi connectivity index (χ1v) is 8.10. The predicted molar refractivity (Wildman–Crippen MR) is 79.4 cm³/mol. The Morgan fingerprint density at radius 1 is 1.10 bits per heavy atom. The molecule has 0 saturated heterocycles. The van der Waals surface area contributed by atoms with Gasteiger partial charge >= 0.3 is 0 Å². The number of hydrogen-bond donors (Lipinski definition) is 1. The van der Waals surface area contributed by atoms with Crippen molar-refractivity contribution in [2.45, 2.75) is 11.3 Å². The Morgan fingerprint density at radius 2 is 1.81 bits per heavy atom. The molecule has 0 bridgehead atoms. The van der Waals surface area contributed by atoms with Crippen LogP contribution in [0.2, 0.25) is 0 Å². The number of nitrogen functional groups attached to an aromatic ring is 1. The summed E-state index contributed by atoms with van der Waals surface area (Å²) in [5.41, 5.74) is 5.60. The van der Waals surface area contributed by atoms with Gasteiger partial charge in [-0.2, -0.15) is 0 Å². The fraction of sp³-hybridized carbons (Fsp3) is 0.200. The van der Waals surface area contributed by atoms with Crippen molar-refractivity contribution in [2.24, 2.45) is 0 Å². The lowest BCUT2D eigenvalue weighted by atomic mass is 10.3. The van der Waals surface area contributed by atoms with Crippen molar-refractivity contribution in [3.8, 4) is 5.75 Å². The molecule has 0 heterocycles. The average molecular weight is 309 g/mol. The molecule has 0 fully saturated rings. The van der Waals surface area contributed by atoms with Crippen LogP contribution < -0.4 is 10.5 Å². The Morgan fingerprint density at radius 3 is 2.48 bits per heavy atom. The summed E-state index contributed by atoms with van der Waals surface area (Å²) < 4.78 is 43.1. The minimum atomic E-state index is -3.67. The van der Waals surface area contributed by atoms with E-state index in [1.807, 2.05) is 18.2 Å². The van der Waals surface area contributed by atoms with Crippen LogP contribution in [0.1, 0.15) is 6.42 Å². The molecule has 0 saturated carbocycles. The van der Waals surface area contributed by atoms with Gasteiger partial charge in [-0.25, -0.2) is 12.8 Å². The van der Waals surface area contributed by atoms with E-state index in [0.29, 0.717) is 5.75 Å².